The zero-order chi connectivity index (χ0) is 15.9. The molecule has 1 aliphatic carbocycles. The van der Waals surface area contributed by atoms with E-state index in [1.54, 1.807) is 0 Å². The second-order valence-corrected chi connectivity index (χ2v) is 6.45. The van der Waals surface area contributed by atoms with E-state index in [0.717, 1.165) is 25.6 Å². The van der Waals surface area contributed by atoms with E-state index in [4.69, 9.17) is 0 Å². The molecule has 0 aromatic heterocycles. The molecule has 4 nitrogen and oxygen atoms in total. The van der Waals surface area contributed by atoms with Crippen molar-refractivity contribution >= 4 is 35.6 Å². The van der Waals surface area contributed by atoms with Crippen molar-refractivity contribution in [2.24, 2.45) is 4.99 Å². The number of benzene rings is 1. The molecule has 132 valence electrons. The third-order valence-electron chi connectivity index (χ3n) is 4.75. The van der Waals surface area contributed by atoms with Gasteiger partial charge in [0, 0.05) is 38.4 Å². The Morgan fingerprint density at radius 3 is 2.38 bits per heavy atom. The van der Waals surface area contributed by atoms with Crippen molar-refractivity contribution in [2.75, 3.05) is 25.0 Å². The maximum Gasteiger partial charge on any atom is 0.191 e. The van der Waals surface area contributed by atoms with Crippen LogP contribution >= 0.6 is 24.0 Å². The van der Waals surface area contributed by atoms with Crippen molar-refractivity contribution in [3.05, 3.63) is 42.0 Å². The van der Waals surface area contributed by atoms with Crippen LogP contribution in [-0.4, -0.2) is 32.1 Å². The fourth-order valence-corrected chi connectivity index (χ4v) is 3.33. The van der Waals surface area contributed by atoms with Crippen LogP contribution in [0.1, 0.15) is 37.7 Å². The first kappa shape index (κ1) is 19.1. The van der Waals surface area contributed by atoms with Crippen LogP contribution in [0.4, 0.5) is 5.69 Å². The first-order valence-corrected chi connectivity index (χ1v) is 8.81. The molecule has 2 aliphatic rings. The van der Waals surface area contributed by atoms with Gasteiger partial charge in [-0.05, 0) is 30.5 Å². The lowest BCUT2D eigenvalue weighted by Crippen LogP contribution is -2.43. The van der Waals surface area contributed by atoms with Gasteiger partial charge in [-0.3, -0.25) is 4.99 Å². The smallest absolute Gasteiger partial charge is 0.191 e. The normalized spacial score (nSPS) is 18.4. The summed E-state index contributed by atoms with van der Waals surface area (Å²) in [5, 5.41) is 6.99. The summed E-state index contributed by atoms with van der Waals surface area (Å²) in [6, 6.07) is 9.41. The Kier molecular flexibility index (Phi) is 7.88. The molecular weight excluding hydrogens is 411 g/mol. The average Bonchev–Trinajstić information content (AvgIpc) is 3.14. The third kappa shape index (κ3) is 5.40. The topological polar surface area (TPSA) is 39.7 Å². The zero-order valence-corrected chi connectivity index (χ0v) is 16.8. The molecule has 1 heterocycles. The largest absolute Gasteiger partial charge is 0.364 e. The molecule has 0 spiro atoms. The molecule has 0 unspecified atom stereocenters. The monoisotopic (exact) mass is 440 g/mol. The Balaban J connectivity index is 0.00000208. The van der Waals surface area contributed by atoms with Gasteiger partial charge >= 0.3 is 0 Å². The summed E-state index contributed by atoms with van der Waals surface area (Å²) in [5.74, 6) is 0.921. The molecule has 2 N–H and O–H groups in total. The summed E-state index contributed by atoms with van der Waals surface area (Å²) in [5.41, 5.74) is 2.58. The van der Waals surface area contributed by atoms with Gasteiger partial charge in [-0.1, -0.05) is 43.5 Å². The van der Waals surface area contributed by atoms with Crippen LogP contribution in [0, 0.1) is 0 Å². The second-order valence-electron chi connectivity index (χ2n) is 6.45. The number of aliphatic imine (C=N–C) groups is 1. The minimum Gasteiger partial charge on any atom is -0.364 e. The van der Waals surface area contributed by atoms with Gasteiger partial charge in [-0.2, -0.15) is 0 Å². The van der Waals surface area contributed by atoms with Crippen LogP contribution in [0.2, 0.25) is 0 Å². The van der Waals surface area contributed by atoms with Gasteiger partial charge in [0.25, 0.3) is 0 Å². The molecule has 0 bridgehead atoms. The molecule has 1 aliphatic heterocycles. The fourth-order valence-electron chi connectivity index (χ4n) is 3.33. The lowest BCUT2D eigenvalue weighted by atomic mass is 9.96. The van der Waals surface area contributed by atoms with Crippen LogP contribution in [0.3, 0.4) is 0 Å². The van der Waals surface area contributed by atoms with Crippen LogP contribution < -0.4 is 15.5 Å². The van der Waals surface area contributed by atoms with E-state index in [1.165, 1.54) is 43.4 Å². The van der Waals surface area contributed by atoms with Crippen molar-refractivity contribution in [3.63, 3.8) is 0 Å². The van der Waals surface area contributed by atoms with Crippen molar-refractivity contribution in [1.82, 2.24) is 10.6 Å². The quantitative estimate of drug-likeness (QED) is 0.325. The molecule has 1 fully saturated rings. The van der Waals surface area contributed by atoms with Crippen LogP contribution in [0.25, 0.3) is 0 Å². The number of rotatable bonds is 4. The summed E-state index contributed by atoms with van der Waals surface area (Å²) >= 11 is 0. The first-order valence-electron chi connectivity index (χ1n) is 8.81. The highest BCUT2D eigenvalue weighted by molar-refractivity contribution is 14.0. The number of nitrogens with one attached hydrogen (secondary N) is 2. The molecule has 0 saturated heterocycles. The molecule has 0 atom stereocenters. The molecule has 0 radical (unpaired) electrons. The van der Waals surface area contributed by atoms with E-state index in [1.807, 2.05) is 7.05 Å². The minimum absolute atomic E-state index is 0. The molecule has 5 heteroatoms. The molecule has 24 heavy (non-hydrogen) atoms. The number of hydrogen-bond acceptors (Lipinski definition) is 2. The lowest BCUT2D eigenvalue weighted by molar-refractivity contribution is 0.410. The van der Waals surface area contributed by atoms with Gasteiger partial charge < -0.3 is 15.5 Å². The van der Waals surface area contributed by atoms with Crippen molar-refractivity contribution < 1.29 is 0 Å². The van der Waals surface area contributed by atoms with Gasteiger partial charge in [-0.25, -0.2) is 0 Å². The number of anilines is 1. The molecule has 0 amide bonds. The maximum atomic E-state index is 4.36. The van der Waals surface area contributed by atoms with E-state index in [2.05, 4.69) is 56.9 Å². The van der Waals surface area contributed by atoms with Gasteiger partial charge in [0.2, 0.25) is 0 Å². The number of guanidine groups is 1. The van der Waals surface area contributed by atoms with E-state index in [0.29, 0.717) is 6.04 Å². The van der Waals surface area contributed by atoms with E-state index in [-0.39, 0.29) is 24.0 Å². The van der Waals surface area contributed by atoms with Crippen LogP contribution in [-0.2, 0) is 6.54 Å². The number of nitrogens with zero attached hydrogens (tertiary/aromatic N) is 2. The van der Waals surface area contributed by atoms with Gasteiger partial charge in [0.1, 0.15) is 0 Å². The Labute approximate surface area is 162 Å². The Morgan fingerprint density at radius 1 is 1.08 bits per heavy atom. The summed E-state index contributed by atoms with van der Waals surface area (Å²) < 4.78 is 0. The zero-order valence-electron chi connectivity index (χ0n) is 14.5. The first-order chi connectivity index (χ1) is 11.3. The molecular formula is C19H29IN4. The predicted molar refractivity (Wildman–Crippen MR) is 113 cm³/mol. The molecule has 3 rings (SSSR count). The lowest BCUT2D eigenvalue weighted by Gasteiger charge is -2.25. The van der Waals surface area contributed by atoms with E-state index in [9.17, 15) is 0 Å². The standard InChI is InChI=1S/C19H28N4.HI/c1-20-19(22-17-7-3-2-4-8-17)21-15-16-9-11-18(12-10-16)23-13-5-6-14-23;/h5-6,9-12,17H,2-4,7-8,13-15H2,1H3,(H2,20,21,22);1H. The predicted octanol–water partition coefficient (Wildman–Crippen LogP) is 3.68. The molecule has 1 aromatic rings. The highest BCUT2D eigenvalue weighted by Crippen LogP contribution is 2.18. The third-order valence-corrected chi connectivity index (χ3v) is 4.75. The highest BCUT2D eigenvalue weighted by atomic mass is 127. The summed E-state index contributed by atoms with van der Waals surface area (Å²) in [6.45, 7) is 2.86. The summed E-state index contributed by atoms with van der Waals surface area (Å²) in [4.78, 5) is 6.72. The van der Waals surface area contributed by atoms with E-state index < -0.39 is 0 Å². The Hall–Kier alpha value is -1.24. The van der Waals surface area contributed by atoms with Crippen molar-refractivity contribution in [3.8, 4) is 0 Å². The highest BCUT2D eigenvalue weighted by Gasteiger charge is 2.14. The number of halogens is 1. The SMILES string of the molecule is CN=C(NCc1ccc(N2CC=CC2)cc1)NC1CCCCC1.I. The van der Waals surface area contributed by atoms with E-state index >= 15 is 0 Å². The van der Waals surface area contributed by atoms with Gasteiger partial charge in [0.15, 0.2) is 5.96 Å². The second kappa shape index (κ2) is 9.91. The molecule has 1 aromatic carbocycles. The van der Waals surface area contributed by atoms with Gasteiger partial charge in [-0.15, -0.1) is 24.0 Å². The Bertz CT molecular complexity index is 539. The Morgan fingerprint density at radius 2 is 1.75 bits per heavy atom. The number of hydrogen-bond donors (Lipinski definition) is 2. The minimum atomic E-state index is 0. The van der Waals surface area contributed by atoms with Crippen LogP contribution in [0.15, 0.2) is 41.4 Å². The van der Waals surface area contributed by atoms with Crippen molar-refractivity contribution in [2.45, 2.75) is 44.7 Å². The van der Waals surface area contributed by atoms with Crippen LogP contribution in [0.5, 0.6) is 0 Å². The molecule has 1 saturated carbocycles. The van der Waals surface area contributed by atoms with Crippen molar-refractivity contribution in [1.29, 1.82) is 0 Å². The fraction of sp³-hybridized carbons (Fsp3) is 0.526. The summed E-state index contributed by atoms with van der Waals surface area (Å²) in [6.07, 6.45) is 11.0. The average molecular weight is 440 g/mol. The van der Waals surface area contributed by atoms with Gasteiger partial charge in [0.05, 0.1) is 0 Å². The summed E-state index contributed by atoms with van der Waals surface area (Å²) in [7, 11) is 1.85. The maximum absolute atomic E-state index is 4.36.